The van der Waals surface area contributed by atoms with Gasteiger partial charge >= 0.3 is 5.97 Å². The van der Waals surface area contributed by atoms with Crippen LogP contribution in [0.3, 0.4) is 0 Å². The van der Waals surface area contributed by atoms with Gasteiger partial charge in [-0.3, -0.25) is 4.79 Å². The van der Waals surface area contributed by atoms with Crippen molar-refractivity contribution in [1.82, 2.24) is 0 Å². The quantitative estimate of drug-likeness (QED) is 0.542. The lowest BCUT2D eigenvalue weighted by Crippen LogP contribution is -2.55. The fourth-order valence-electron chi connectivity index (χ4n) is 9.55. The second-order valence-electron chi connectivity index (χ2n) is 11.8. The van der Waals surface area contributed by atoms with Gasteiger partial charge in [0.1, 0.15) is 0 Å². The first-order chi connectivity index (χ1) is 13.3. The summed E-state index contributed by atoms with van der Waals surface area (Å²) in [5.41, 5.74) is 1.07. The Hall–Kier alpha value is -0.530. The minimum Gasteiger partial charge on any atom is -0.481 e. The highest BCUT2D eigenvalue weighted by Crippen LogP contribution is 2.69. The molecule has 0 saturated heterocycles. The van der Waals surface area contributed by atoms with Gasteiger partial charge in [-0.15, -0.1) is 0 Å². The van der Waals surface area contributed by atoms with Crippen molar-refractivity contribution in [3.05, 3.63) is 0 Å². The van der Waals surface area contributed by atoms with Gasteiger partial charge in [-0.2, -0.15) is 0 Å². The van der Waals surface area contributed by atoms with E-state index in [9.17, 15) is 4.79 Å². The lowest BCUT2D eigenvalue weighted by molar-refractivity contribution is -0.140. The first-order valence-electron chi connectivity index (χ1n) is 12.5. The SMILES string of the molecule is CC[C@H]1C[C@@H]2C(CC[C@@]3(C)C2CC[C@@H]3[C@H](C)CCC(=O)O)[C@@]2(C)CCCCC12. The van der Waals surface area contributed by atoms with Gasteiger partial charge in [-0.05, 0) is 104 Å². The molecule has 4 rings (SSSR count). The van der Waals surface area contributed by atoms with Crippen molar-refractivity contribution in [2.24, 2.45) is 52.3 Å². The summed E-state index contributed by atoms with van der Waals surface area (Å²) in [6.45, 7) is 10.1. The summed E-state index contributed by atoms with van der Waals surface area (Å²) in [6.07, 6.45) is 15.6. The molecule has 0 spiro atoms. The summed E-state index contributed by atoms with van der Waals surface area (Å²) in [5.74, 6) is 5.44. The van der Waals surface area contributed by atoms with Gasteiger partial charge in [0.05, 0.1) is 0 Å². The molecule has 0 heterocycles. The maximum absolute atomic E-state index is 11.1. The number of carbonyl (C=O) groups is 1. The molecule has 0 aromatic heterocycles. The Morgan fingerprint density at radius 1 is 1.00 bits per heavy atom. The fraction of sp³-hybridized carbons (Fsp3) is 0.962. The Balaban J connectivity index is 1.56. The summed E-state index contributed by atoms with van der Waals surface area (Å²) in [5, 5.41) is 9.15. The van der Waals surface area contributed by atoms with Gasteiger partial charge in [-0.25, -0.2) is 0 Å². The van der Waals surface area contributed by atoms with Crippen LogP contribution in [-0.4, -0.2) is 11.1 Å². The number of rotatable bonds is 5. The Morgan fingerprint density at radius 3 is 2.46 bits per heavy atom. The molecule has 0 aromatic carbocycles. The van der Waals surface area contributed by atoms with Crippen LogP contribution in [0.15, 0.2) is 0 Å². The number of hydrogen-bond acceptors (Lipinski definition) is 1. The number of aliphatic carboxylic acids is 1. The van der Waals surface area contributed by atoms with Crippen LogP contribution in [0.25, 0.3) is 0 Å². The average Bonchev–Trinajstić information content (AvgIpc) is 3.02. The number of carboxylic acid groups (broad SMARTS) is 1. The highest BCUT2D eigenvalue weighted by Gasteiger charge is 2.61. The molecule has 0 amide bonds. The normalized spacial score (nSPS) is 49.0. The third kappa shape index (κ3) is 3.16. The average molecular weight is 389 g/mol. The van der Waals surface area contributed by atoms with Gasteiger partial charge in [0.2, 0.25) is 0 Å². The Morgan fingerprint density at radius 2 is 1.75 bits per heavy atom. The molecule has 2 heteroatoms. The van der Waals surface area contributed by atoms with Crippen molar-refractivity contribution < 1.29 is 9.90 Å². The molecular formula is C26H44O2. The lowest BCUT2D eigenvalue weighted by atomic mass is 9.42. The van der Waals surface area contributed by atoms with E-state index >= 15 is 0 Å². The Bertz CT molecular complexity index is 585. The molecule has 4 fully saturated rings. The molecule has 4 saturated carbocycles. The largest absolute Gasteiger partial charge is 0.481 e. The van der Waals surface area contributed by atoms with Gasteiger partial charge in [0, 0.05) is 6.42 Å². The zero-order chi connectivity index (χ0) is 20.1. The van der Waals surface area contributed by atoms with Crippen molar-refractivity contribution in [1.29, 1.82) is 0 Å². The molecule has 0 bridgehead atoms. The van der Waals surface area contributed by atoms with Crippen molar-refractivity contribution >= 4 is 5.97 Å². The second-order valence-corrected chi connectivity index (χ2v) is 11.8. The van der Waals surface area contributed by atoms with Crippen LogP contribution in [0, 0.1) is 52.3 Å². The zero-order valence-electron chi connectivity index (χ0n) is 18.9. The molecule has 2 nitrogen and oxygen atoms in total. The molecule has 4 aliphatic rings. The molecule has 160 valence electrons. The molecule has 28 heavy (non-hydrogen) atoms. The van der Waals surface area contributed by atoms with Gasteiger partial charge in [0.15, 0.2) is 0 Å². The van der Waals surface area contributed by atoms with Crippen LogP contribution >= 0.6 is 0 Å². The first kappa shape index (κ1) is 20.7. The minimum absolute atomic E-state index is 0.349. The number of fused-ring (bicyclic) bond motifs is 5. The van der Waals surface area contributed by atoms with Crippen molar-refractivity contribution in [3.8, 4) is 0 Å². The predicted molar refractivity (Wildman–Crippen MR) is 115 cm³/mol. The molecule has 0 aliphatic heterocycles. The summed E-state index contributed by atoms with van der Waals surface area (Å²) in [6, 6.07) is 0. The van der Waals surface area contributed by atoms with Crippen LogP contribution in [0.5, 0.6) is 0 Å². The van der Waals surface area contributed by atoms with E-state index in [1.165, 1.54) is 64.2 Å². The highest BCUT2D eigenvalue weighted by atomic mass is 16.4. The summed E-state index contributed by atoms with van der Waals surface area (Å²) >= 11 is 0. The standard InChI is InChI=1S/C26H44O2/c1-5-18-16-19-22-11-10-20(17(2)9-12-24(27)28)26(22,4)15-13-23(19)25(3)14-7-6-8-21(18)25/h17-23H,5-16H2,1-4H3,(H,27,28)/t17-,18+,19+,20-,21?,22?,23?,25+,26-/m1/s1. The van der Waals surface area contributed by atoms with Crippen LogP contribution in [0.2, 0.25) is 0 Å². The van der Waals surface area contributed by atoms with Crippen LogP contribution < -0.4 is 0 Å². The van der Waals surface area contributed by atoms with Gasteiger partial charge in [0.25, 0.3) is 0 Å². The van der Waals surface area contributed by atoms with Crippen molar-refractivity contribution in [3.63, 3.8) is 0 Å². The first-order valence-corrected chi connectivity index (χ1v) is 12.5. The van der Waals surface area contributed by atoms with Crippen LogP contribution in [-0.2, 0) is 4.79 Å². The maximum atomic E-state index is 11.1. The summed E-state index contributed by atoms with van der Waals surface area (Å²) < 4.78 is 0. The van der Waals surface area contributed by atoms with E-state index in [2.05, 4.69) is 27.7 Å². The van der Waals surface area contributed by atoms with Gasteiger partial charge < -0.3 is 5.11 Å². The number of hydrogen-bond donors (Lipinski definition) is 1. The molecule has 0 aromatic rings. The number of carboxylic acids is 1. The zero-order valence-corrected chi connectivity index (χ0v) is 18.9. The van der Waals surface area contributed by atoms with E-state index in [4.69, 9.17) is 5.11 Å². The monoisotopic (exact) mass is 388 g/mol. The van der Waals surface area contributed by atoms with Crippen LogP contribution in [0.1, 0.15) is 105 Å². The minimum atomic E-state index is -0.621. The predicted octanol–water partition coefficient (Wildman–Crippen LogP) is 7.17. The van der Waals surface area contributed by atoms with Crippen LogP contribution in [0.4, 0.5) is 0 Å². The van der Waals surface area contributed by atoms with E-state index in [1.807, 2.05) is 0 Å². The maximum Gasteiger partial charge on any atom is 0.303 e. The summed E-state index contributed by atoms with van der Waals surface area (Å²) in [4.78, 5) is 11.1. The smallest absolute Gasteiger partial charge is 0.303 e. The van der Waals surface area contributed by atoms with Crippen molar-refractivity contribution in [2.45, 2.75) is 105 Å². The highest BCUT2D eigenvalue weighted by molar-refractivity contribution is 5.66. The second kappa shape index (κ2) is 7.62. The van der Waals surface area contributed by atoms with E-state index in [0.29, 0.717) is 23.2 Å². The molecule has 4 aliphatic carbocycles. The fourth-order valence-corrected chi connectivity index (χ4v) is 9.55. The molecule has 0 radical (unpaired) electrons. The van der Waals surface area contributed by atoms with Crippen molar-refractivity contribution in [2.75, 3.05) is 0 Å². The topological polar surface area (TPSA) is 37.3 Å². The van der Waals surface area contributed by atoms with Gasteiger partial charge in [-0.1, -0.05) is 47.0 Å². The van der Waals surface area contributed by atoms with E-state index in [-0.39, 0.29) is 0 Å². The Labute approximate surface area is 173 Å². The summed E-state index contributed by atoms with van der Waals surface area (Å²) in [7, 11) is 0. The third-order valence-corrected chi connectivity index (χ3v) is 10.9. The third-order valence-electron chi connectivity index (χ3n) is 10.9. The van der Waals surface area contributed by atoms with E-state index in [0.717, 1.165) is 41.9 Å². The molecular weight excluding hydrogens is 344 g/mol. The molecule has 9 atom stereocenters. The Kier molecular flexibility index (Phi) is 5.64. The van der Waals surface area contributed by atoms with E-state index < -0.39 is 5.97 Å². The van der Waals surface area contributed by atoms with E-state index in [1.54, 1.807) is 0 Å². The molecule has 3 unspecified atom stereocenters. The lowest BCUT2D eigenvalue weighted by Gasteiger charge is -2.63. The molecule has 1 N–H and O–H groups in total.